The number of carbonyl (C=O) groups is 1. The van der Waals surface area contributed by atoms with Gasteiger partial charge in [0.25, 0.3) is 0 Å². The van der Waals surface area contributed by atoms with E-state index in [9.17, 15) is 14.3 Å². The summed E-state index contributed by atoms with van der Waals surface area (Å²) in [5.74, 6) is -1.75. The second-order valence-electron chi connectivity index (χ2n) is 11.6. The van der Waals surface area contributed by atoms with Gasteiger partial charge in [-0.1, -0.05) is 0 Å². The van der Waals surface area contributed by atoms with Crippen molar-refractivity contribution in [3.8, 4) is 11.1 Å². The Morgan fingerprint density at radius 1 is 1.21 bits per heavy atom. The molecule has 3 N–H and O–H groups in total. The number of halogens is 2. The van der Waals surface area contributed by atoms with Gasteiger partial charge in [-0.05, 0) is 18.4 Å². The van der Waals surface area contributed by atoms with Crippen LogP contribution in [0.1, 0.15) is 12.0 Å². The van der Waals surface area contributed by atoms with E-state index in [2.05, 4.69) is 20.1 Å². The van der Waals surface area contributed by atoms with Gasteiger partial charge in [0.05, 0.1) is 39.8 Å². The maximum Gasteiger partial charge on any atom is 0.333 e. The Bertz CT molecular complexity index is 1810. The first kappa shape index (κ1) is 27.5. The third kappa shape index (κ3) is 4.39. The van der Waals surface area contributed by atoms with E-state index in [4.69, 9.17) is 14.7 Å². The van der Waals surface area contributed by atoms with E-state index in [-0.39, 0.29) is 23.4 Å². The van der Waals surface area contributed by atoms with Crippen LogP contribution in [0.4, 0.5) is 26.0 Å². The van der Waals surface area contributed by atoms with E-state index < -0.39 is 17.6 Å². The Kier molecular flexibility index (Phi) is 6.70. The van der Waals surface area contributed by atoms with Crippen LogP contribution in [0.25, 0.3) is 33.1 Å². The fourth-order valence-corrected chi connectivity index (χ4v) is 7.15. The molecule has 0 radical (unpaired) electrons. The number of rotatable bonds is 7. The van der Waals surface area contributed by atoms with Crippen molar-refractivity contribution in [1.29, 1.82) is 0 Å². The maximum atomic E-state index is 15.8. The number of hydrogen-bond acceptors (Lipinski definition) is 8. The summed E-state index contributed by atoms with van der Waals surface area (Å²) in [5, 5.41) is 13.3. The van der Waals surface area contributed by atoms with Crippen molar-refractivity contribution in [3.63, 3.8) is 0 Å². The zero-order valence-corrected chi connectivity index (χ0v) is 24.2. The standard InChI is InChI=1S/C31H33F2N7O3/c1-34-22-10-21(32)26(33)24-25-28(40-5-4-16-14-39(6-7-43-3)15-23(16)40)20(12-35-29(25)37-27(22)24)18-8-17-9-19(31(41)42)13-38(2)30(17)36-11-18/h8,10-13,16,23,34H,4-7,9,14-15H2,1-3H3,(H,35,37)(H,41,42). The average Bonchev–Trinajstić information content (AvgIpc) is 3.70. The van der Waals surface area contributed by atoms with E-state index >= 15 is 4.39 Å². The summed E-state index contributed by atoms with van der Waals surface area (Å²) in [6.07, 6.45) is 6.29. The molecule has 3 aliphatic rings. The van der Waals surface area contributed by atoms with Crippen molar-refractivity contribution < 1.29 is 23.4 Å². The molecule has 2 unspecified atom stereocenters. The first-order valence-corrected chi connectivity index (χ1v) is 14.4. The summed E-state index contributed by atoms with van der Waals surface area (Å²) in [6.45, 7) is 4.02. The molecular weight excluding hydrogens is 556 g/mol. The number of aliphatic carboxylic acids is 1. The summed E-state index contributed by atoms with van der Waals surface area (Å²) in [6, 6.07) is 3.27. The van der Waals surface area contributed by atoms with E-state index in [1.165, 1.54) is 0 Å². The average molecular weight is 590 g/mol. The Morgan fingerprint density at radius 3 is 2.81 bits per heavy atom. The molecule has 3 aliphatic heterocycles. The summed E-state index contributed by atoms with van der Waals surface area (Å²) in [5.41, 5.74) is 4.65. The molecule has 10 nitrogen and oxygen atoms in total. The lowest BCUT2D eigenvalue weighted by atomic mass is 9.97. The van der Waals surface area contributed by atoms with Crippen LogP contribution in [0, 0.1) is 17.6 Å². The lowest BCUT2D eigenvalue weighted by Gasteiger charge is -2.30. The molecule has 1 aromatic carbocycles. The molecule has 0 bridgehead atoms. The van der Waals surface area contributed by atoms with Gasteiger partial charge in [-0.25, -0.2) is 23.5 Å². The molecule has 0 aliphatic carbocycles. The number of anilines is 3. The largest absolute Gasteiger partial charge is 0.478 e. The van der Waals surface area contributed by atoms with E-state index in [0.717, 1.165) is 61.0 Å². The number of nitrogens with zero attached hydrogens (tertiary/aromatic N) is 5. The number of H-pyrrole nitrogens is 1. The van der Waals surface area contributed by atoms with Gasteiger partial charge in [0.2, 0.25) is 0 Å². The van der Waals surface area contributed by atoms with Crippen molar-refractivity contribution in [1.82, 2.24) is 19.9 Å². The molecule has 3 aromatic heterocycles. The van der Waals surface area contributed by atoms with Gasteiger partial charge in [0, 0.05) is 101 Å². The predicted molar refractivity (Wildman–Crippen MR) is 162 cm³/mol. The number of fused-ring (bicyclic) bond motifs is 5. The van der Waals surface area contributed by atoms with E-state index in [1.807, 2.05) is 6.07 Å². The zero-order chi connectivity index (χ0) is 30.0. The van der Waals surface area contributed by atoms with Crippen molar-refractivity contribution >= 4 is 45.1 Å². The van der Waals surface area contributed by atoms with Crippen molar-refractivity contribution in [3.05, 3.63) is 53.5 Å². The summed E-state index contributed by atoms with van der Waals surface area (Å²) in [4.78, 5) is 30.9. The summed E-state index contributed by atoms with van der Waals surface area (Å²) >= 11 is 0. The Hall–Kier alpha value is -4.29. The van der Waals surface area contributed by atoms with Crippen LogP contribution in [0.2, 0.25) is 0 Å². The first-order valence-electron chi connectivity index (χ1n) is 14.4. The third-order valence-electron chi connectivity index (χ3n) is 9.15. The second kappa shape index (κ2) is 10.5. The van der Waals surface area contributed by atoms with Crippen LogP contribution >= 0.6 is 0 Å². The Morgan fingerprint density at radius 2 is 2.05 bits per heavy atom. The molecule has 2 atom stereocenters. The van der Waals surface area contributed by atoms with Crippen LogP contribution in [-0.2, 0) is 16.0 Å². The molecule has 7 rings (SSSR count). The third-order valence-corrected chi connectivity index (χ3v) is 9.15. The number of methoxy groups -OCH3 is 1. The molecule has 0 amide bonds. The molecule has 224 valence electrons. The molecule has 2 fully saturated rings. The SMILES string of the molecule is CNc1cc(F)c(F)c2c1[nH]c1ncc(-c3cnc4c(c3)CC(C(=O)O)=CN4C)c(N3CCC4CN(CCOC)CC43)c12. The minimum absolute atomic E-state index is 0.156. The highest BCUT2D eigenvalue weighted by Crippen LogP contribution is 2.47. The maximum absolute atomic E-state index is 15.8. The van der Waals surface area contributed by atoms with Crippen LogP contribution in [0.3, 0.4) is 0 Å². The number of nitrogens with one attached hydrogen (secondary N) is 2. The fourth-order valence-electron chi connectivity index (χ4n) is 7.15. The molecular formula is C31H33F2N7O3. The van der Waals surface area contributed by atoms with Crippen molar-refractivity contribution in [2.75, 3.05) is 69.1 Å². The Balaban J connectivity index is 1.45. The molecule has 6 heterocycles. The number of aromatic nitrogens is 3. The second-order valence-corrected chi connectivity index (χ2v) is 11.6. The fraction of sp³-hybridized carbons (Fsp3) is 0.387. The lowest BCUT2D eigenvalue weighted by molar-refractivity contribution is -0.132. The van der Waals surface area contributed by atoms with Gasteiger partial charge in [0.1, 0.15) is 11.5 Å². The number of carboxylic acids is 1. The minimum Gasteiger partial charge on any atom is -0.478 e. The van der Waals surface area contributed by atoms with Crippen LogP contribution in [0.15, 0.2) is 36.3 Å². The van der Waals surface area contributed by atoms with Crippen molar-refractivity contribution in [2.24, 2.45) is 5.92 Å². The summed E-state index contributed by atoms with van der Waals surface area (Å²) in [7, 11) is 5.15. The molecule has 12 heteroatoms. The number of hydrogen-bond donors (Lipinski definition) is 3. The zero-order valence-electron chi connectivity index (χ0n) is 24.2. The lowest BCUT2D eigenvalue weighted by Crippen LogP contribution is -2.36. The Labute approximate surface area is 246 Å². The van der Waals surface area contributed by atoms with Crippen molar-refractivity contribution in [2.45, 2.75) is 18.9 Å². The predicted octanol–water partition coefficient (Wildman–Crippen LogP) is 4.22. The first-order chi connectivity index (χ1) is 20.8. The highest BCUT2D eigenvalue weighted by molar-refractivity contribution is 6.18. The quantitative estimate of drug-likeness (QED) is 0.292. The number of ether oxygens (including phenoxy) is 1. The number of carboxylic acid groups (broad SMARTS) is 1. The molecule has 43 heavy (non-hydrogen) atoms. The molecule has 2 saturated heterocycles. The number of benzene rings is 1. The molecule has 0 saturated carbocycles. The van der Waals surface area contributed by atoms with Gasteiger partial charge in [0.15, 0.2) is 11.6 Å². The minimum atomic E-state index is -0.981. The van der Waals surface area contributed by atoms with Gasteiger partial charge in [-0.2, -0.15) is 0 Å². The normalized spacial score (nSPS) is 20.2. The van der Waals surface area contributed by atoms with E-state index in [0.29, 0.717) is 40.6 Å². The molecule has 0 spiro atoms. The van der Waals surface area contributed by atoms with Crippen LogP contribution in [0.5, 0.6) is 0 Å². The molecule has 4 aromatic rings. The number of pyridine rings is 2. The van der Waals surface area contributed by atoms with Gasteiger partial charge in [-0.3, -0.25) is 4.90 Å². The monoisotopic (exact) mass is 589 g/mol. The van der Waals surface area contributed by atoms with Gasteiger partial charge in [-0.15, -0.1) is 0 Å². The number of aromatic amines is 1. The van der Waals surface area contributed by atoms with Crippen LogP contribution < -0.4 is 15.1 Å². The van der Waals surface area contributed by atoms with Crippen LogP contribution in [-0.4, -0.2) is 91.0 Å². The summed E-state index contributed by atoms with van der Waals surface area (Å²) < 4.78 is 36.1. The topological polar surface area (TPSA) is 110 Å². The highest BCUT2D eigenvalue weighted by atomic mass is 19.2. The van der Waals surface area contributed by atoms with Gasteiger partial charge >= 0.3 is 5.97 Å². The highest BCUT2D eigenvalue weighted by Gasteiger charge is 2.43. The smallest absolute Gasteiger partial charge is 0.333 e. The van der Waals surface area contributed by atoms with Gasteiger partial charge < -0.3 is 29.9 Å². The van der Waals surface area contributed by atoms with E-state index in [1.54, 1.807) is 44.7 Å². The number of likely N-dealkylation sites (tertiary alicyclic amines) is 1.